The molecule has 0 saturated heterocycles. The number of nitrogens with zero attached hydrogens (tertiary/aromatic N) is 3. The second-order valence-electron chi connectivity index (χ2n) is 7.63. The smallest absolute Gasteiger partial charge is 0.310 e. The molecular weight excluding hydrogens is 367 g/mol. The topological polar surface area (TPSA) is 53.4 Å². The predicted molar refractivity (Wildman–Crippen MR) is 110 cm³/mol. The van der Waals surface area contributed by atoms with Gasteiger partial charge in [0.1, 0.15) is 11.5 Å². The molecular formula is C23H21FN4O. The summed E-state index contributed by atoms with van der Waals surface area (Å²) >= 11 is 0. The highest BCUT2D eigenvalue weighted by molar-refractivity contribution is 5.65. The molecule has 1 unspecified atom stereocenters. The normalized spacial score (nSPS) is 16.8. The molecule has 1 aliphatic rings. The fourth-order valence-corrected chi connectivity index (χ4v) is 4.10. The first-order chi connectivity index (χ1) is 14.1. The van der Waals surface area contributed by atoms with Crippen LogP contribution in [0.3, 0.4) is 0 Å². The minimum atomic E-state index is -0.347. The molecule has 2 aromatic carbocycles. The van der Waals surface area contributed by atoms with Crippen LogP contribution in [0.2, 0.25) is 0 Å². The van der Waals surface area contributed by atoms with E-state index in [1.807, 2.05) is 18.2 Å². The molecule has 6 heteroatoms. The third-order valence-electron chi connectivity index (χ3n) is 5.68. The summed E-state index contributed by atoms with van der Waals surface area (Å²) in [5.41, 5.74) is 4.40. The number of hydrogen-bond acceptors (Lipinski definition) is 3. The number of fused-ring (bicyclic) bond motifs is 3. The SMILES string of the molecule is CC1Cc2[nH]c(=O)n3cc(-c4ccccc4F)nc3c2CN1Cc1ccccc1. The number of imidazole rings is 1. The van der Waals surface area contributed by atoms with Gasteiger partial charge in [-0.1, -0.05) is 42.5 Å². The first-order valence-electron chi connectivity index (χ1n) is 9.76. The standard InChI is InChI=1S/C23H21FN4O/c1-15-11-20-18(13-27(15)12-16-7-3-2-4-8-16)22-25-21(14-28(22)23(29)26-20)17-9-5-6-10-19(17)24/h2-10,14-15H,11-13H2,1H3,(H,26,29). The summed E-state index contributed by atoms with van der Waals surface area (Å²) in [5.74, 6) is -0.347. The second-order valence-corrected chi connectivity index (χ2v) is 7.63. The molecule has 5 rings (SSSR count). The number of H-pyrrole nitrogens is 1. The van der Waals surface area contributed by atoms with Crippen LogP contribution in [0, 0.1) is 5.82 Å². The molecule has 0 saturated carbocycles. The van der Waals surface area contributed by atoms with Crippen molar-refractivity contribution in [2.45, 2.75) is 32.5 Å². The highest BCUT2D eigenvalue weighted by Crippen LogP contribution is 2.28. The van der Waals surface area contributed by atoms with E-state index in [2.05, 4.69) is 33.9 Å². The van der Waals surface area contributed by atoms with E-state index >= 15 is 0 Å². The lowest BCUT2D eigenvalue weighted by Gasteiger charge is -2.34. The van der Waals surface area contributed by atoms with Crippen LogP contribution in [0.4, 0.5) is 4.39 Å². The van der Waals surface area contributed by atoms with Gasteiger partial charge in [-0.25, -0.2) is 14.2 Å². The van der Waals surface area contributed by atoms with Crippen molar-refractivity contribution < 1.29 is 4.39 Å². The number of aromatic nitrogens is 3. The molecule has 0 amide bonds. The van der Waals surface area contributed by atoms with Gasteiger partial charge in [-0.2, -0.15) is 0 Å². The lowest BCUT2D eigenvalue weighted by atomic mass is 9.99. The number of halogens is 1. The summed E-state index contributed by atoms with van der Waals surface area (Å²) in [7, 11) is 0. The number of aromatic amines is 1. The Labute approximate surface area is 167 Å². The molecule has 2 aromatic heterocycles. The Morgan fingerprint density at radius 3 is 2.69 bits per heavy atom. The first kappa shape index (κ1) is 17.8. The lowest BCUT2D eigenvalue weighted by Crippen LogP contribution is -2.40. The van der Waals surface area contributed by atoms with Crippen LogP contribution in [-0.4, -0.2) is 25.3 Å². The summed E-state index contributed by atoms with van der Waals surface area (Å²) in [6, 6.07) is 17.1. The summed E-state index contributed by atoms with van der Waals surface area (Å²) < 4.78 is 15.8. The predicted octanol–water partition coefficient (Wildman–Crippen LogP) is 3.78. The molecule has 0 aliphatic carbocycles. The van der Waals surface area contributed by atoms with Crippen molar-refractivity contribution in [1.82, 2.24) is 19.3 Å². The number of rotatable bonds is 3. The van der Waals surface area contributed by atoms with Crippen LogP contribution in [0.1, 0.15) is 23.7 Å². The van der Waals surface area contributed by atoms with Crippen molar-refractivity contribution in [1.29, 1.82) is 0 Å². The van der Waals surface area contributed by atoms with Crippen LogP contribution in [-0.2, 0) is 19.5 Å². The van der Waals surface area contributed by atoms with Gasteiger partial charge in [-0.3, -0.25) is 9.30 Å². The number of benzene rings is 2. The van der Waals surface area contributed by atoms with Crippen LogP contribution < -0.4 is 5.69 Å². The summed E-state index contributed by atoms with van der Waals surface area (Å²) in [6.45, 7) is 3.68. The first-order valence-corrected chi connectivity index (χ1v) is 9.76. The molecule has 1 N–H and O–H groups in total. The molecule has 5 nitrogen and oxygen atoms in total. The van der Waals surface area contributed by atoms with Crippen LogP contribution in [0.15, 0.2) is 65.6 Å². The molecule has 146 valence electrons. The van der Waals surface area contributed by atoms with Crippen molar-refractivity contribution in [3.8, 4) is 11.3 Å². The zero-order valence-corrected chi connectivity index (χ0v) is 16.1. The van der Waals surface area contributed by atoms with E-state index in [1.54, 1.807) is 24.4 Å². The summed E-state index contributed by atoms with van der Waals surface area (Å²) in [5, 5.41) is 0. The number of nitrogens with one attached hydrogen (secondary N) is 1. The Bertz CT molecular complexity index is 1240. The maximum Gasteiger partial charge on any atom is 0.331 e. The summed E-state index contributed by atoms with van der Waals surface area (Å²) in [4.78, 5) is 22.7. The molecule has 29 heavy (non-hydrogen) atoms. The van der Waals surface area contributed by atoms with E-state index in [9.17, 15) is 9.18 Å². The van der Waals surface area contributed by atoms with Gasteiger partial charge in [0.05, 0.1) is 5.69 Å². The fraction of sp³-hybridized carbons (Fsp3) is 0.217. The van der Waals surface area contributed by atoms with Crippen molar-refractivity contribution in [3.05, 3.63) is 93.9 Å². The average Bonchev–Trinajstić information content (AvgIpc) is 3.16. The van der Waals surface area contributed by atoms with Gasteiger partial charge in [0.15, 0.2) is 0 Å². The van der Waals surface area contributed by atoms with Crippen LogP contribution >= 0.6 is 0 Å². The Morgan fingerprint density at radius 1 is 1.14 bits per heavy atom. The fourth-order valence-electron chi connectivity index (χ4n) is 4.10. The molecule has 0 spiro atoms. The summed E-state index contributed by atoms with van der Waals surface area (Å²) in [6.07, 6.45) is 2.36. The quantitative estimate of drug-likeness (QED) is 0.581. The minimum Gasteiger partial charge on any atom is -0.310 e. The molecule has 0 bridgehead atoms. The average molecular weight is 388 g/mol. The Balaban J connectivity index is 1.59. The van der Waals surface area contributed by atoms with E-state index in [4.69, 9.17) is 0 Å². The molecule has 4 aromatic rings. The minimum absolute atomic E-state index is 0.238. The Hall–Kier alpha value is -3.25. The lowest BCUT2D eigenvalue weighted by molar-refractivity contribution is 0.173. The maximum absolute atomic E-state index is 14.3. The molecule has 3 heterocycles. The van der Waals surface area contributed by atoms with Gasteiger partial charge in [0.25, 0.3) is 0 Å². The van der Waals surface area contributed by atoms with E-state index in [1.165, 1.54) is 16.0 Å². The van der Waals surface area contributed by atoms with Gasteiger partial charge < -0.3 is 4.98 Å². The van der Waals surface area contributed by atoms with Gasteiger partial charge in [-0.05, 0) is 24.6 Å². The number of hydrogen-bond donors (Lipinski definition) is 1. The molecule has 0 fully saturated rings. The molecule has 1 atom stereocenters. The zero-order valence-electron chi connectivity index (χ0n) is 16.1. The van der Waals surface area contributed by atoms with Crippen molar-refractivity contribution >= 4 is 5.65 Å². The van der Waals surface area contributed by atoms with Gasteiger partial charge >= 0.3 is 5.69 Å². The maximum atomic E-state index is 14.3. The third kappa shape index (κ3) is 3.15. The van der Waals surface area contributed by atoms with Gasteiger partial charge in [0, 0.05) is 48.6 Å². The molecule has 1 aliphatic heterocycles. The van der Waals surface area contributed by atoms with Crippen molar-refractivity contribution in [3.63, 3.8) is 0 Å². The highest BCUT2D eigenvalue weighted by Gasteiger charge is 2.27. The van der Waals surface area contributed by atoms with Gasteiger partial charge in [-0.15, -0.1) is 0 Å². The van der Waals surface area contributed by atoms with E-state index in [0.717, 1.165) is 24.2 Å². The Kier molecular flexibility index (Phi) is 4.28. The third-order valence-corrected chi connectivity index (χ3v) is 5.68. The van der Waals surface area contributed by atoms with Crippen molar-refractivity contribution in [2.24, 2.45) is 0 Å². The largest absolute Gasteiger partial charge is 0.331 e. The Morgan fingerprint density at radius 2 is 1.90 bits per heavy atom. The zero-order chi connectivity index (χ0) is 20.0. The van der Waals surface area contributed by atoms with Crippen LogP contribution in [0.25, 0.3) is 16.9 Å². The molecule has 0 radical (unpaired) electrons. The van der Waals surface area contributed by atoms with Gasteiger partial charge in [0.2, 0.25) is 0 Å². The highest BCUT2D eigenvalue weighted by atomic mass is 19.1. The van der Waals surface area contributed by atoms with E-state index in [0.29, 0.717) is 29.5 Å². The monoisotopic (exact) mass is 388 g/mol. The van der Waals surface area contributed by atoms with E-state index in [-0.39, 0.29) is 11.5 Å². The van der Waals surface area contributed by atoms with Crippen molar-refractivity contribution in [2.75, 3.05) is 0 Å². The van der Waals surface area contributed by atoms with Crippen LogP contribution in [0.5, 0.6) is 0 Å². The van der Waals surface area contributed by atoms with E-state index < -0.39 is 0 Å². The second kappa shape index (κ2) is 6.97.